The molecule has 2 N–H and O–H groups in total. The van der Waals surface area contributed by atoms with Crippen molar-refractivity contribution >= 4 is 34.9 Å². The zero-order valence-corrected chi connectivity index (χ0v) is 17.9. The van der Waals surface area contributed by atoms with Crippen LogP contribution in [-0.2, 0) is 4.79 Å². The van der Waals surface area contributed by atoms with Gasteiger partial charge < -0.3 is 10.6 Å². The third-order valence-electron chi connectivity index (χ3n) is 5.41. The first-order valence-corrected chi connectivity index (χ1v) is 11.5. The topological polar surface area (TPSA) is 88.4 Å². The Balaban J connectivity index is 1.51. The van der Waals surface area contributed by atoms with E-state index in [0.29, 0.717) is 23.0 Å². The van der Waals surface area contributed by atoms with Crippen molar-refractivity contribution in [3.63, 3.8) is 0 Å². The summed E-state index contributed by atoms with van der Waals surface area (Å²) < 4.78 is 1.90. The first-order chi connectivity index (χ1) is 14.6. The van der Waals surface area contributed by atoms with Gasteiger partial charge in [-0.25, -0.2) is 0 Å². The highest BCUT2D eigenvalue weighted by Gasteiger charge is 2.39. The molecule has 7 nitrogen and oxygen atoms in total. The van der Waals surface area contributed by atoms with Crippen LogP contribution < -0.4 is 10.6 Å². The first kappa shape index (κ1) is 20.4. The standard InChI is InChI=1S/C22H25N5O2S/c1-14-12-17(14)22(29)23-16-7-5-6-15(13-16)21(28)24-18(9-11-30-2)20-26-25-19-8-3-4-10-27(19)20/h3-8,10,13-14,17-18H,9,11-12H2,1-2H3,(H,23,29)(H,24,28). The molecule has 2 amide bonds. The second-order valence-corrected chi connectivity index (χ2v) is 8.67. The molecule has 3 aromatic rings. The second kappa shape index (κ2) is 8.87. The van der Waals surface area contributed by atoms with Crippen LogP contribution >= 0.6 is 11.8 Å². The van der Waals surface area contributed by atoms with E-state index in [1.165, 1.54) is 0 Å². The number of thioether (sulfide) groups is 1. The van der Waals surface area contributed by atoms with Gasteiger partial charge in [-0.3, -0.25) is 14.0 Å². The number of rotatable bonds is 8. The average Bonchev–Trinajstić information content (AvgIpc) is 3.34. The van der Waals surface area contributed by atoms with Crippen LogP contribution in [0.2, 0.25) is 0 Å². The zero-order chi connectivity index (χ0) is 21.1. The summed E-state index contributed by atoms with van der Waals surface area (Å²) in [5.41, 5.74) is 1.88. The monoisotopic (exact) mass is 423 g/mol. The molecule has 156 valence electrons. The Labute approximate surface area is 179 Å². The minimum atomic E-state index is -0.270. The maximum Gasteiger partial charge on any atom is 0.251 e. The van der Waals surface area contributed by atoms with Gasteiger partial charge in [0, 0.05) is 23.4 Å². The molecule has 30 heavy (non-hydrogen) atoms. The predicted octanol–water partition coefficient (Wildman–Crippen LogP) is 3.55. The fraction of sp³-hybridized carbons (Fsp3) is 0.364. The molecule has 0 saturated heterocycles. The van der Waals surface area contributed by atoms with Gasteiger partial charge >= 0.3 is 0 Å². The van der Waals surface area contributed by atoms with Crippen molar-refractivity contribution in [3.05, 3.63) is 60.0 Å². The van der Waals surface area contributed by atoms with E-state index in [2.05, 4.69) is 27.8 Å². The highest BCUT2D eigenvalue weighted by atomic mass is 32.2. The molecular formula is C22H25N5O2S. The Bertz CT molecular complexity index is 1070. The van der Waals surface area contributed by atoms with Crippen molar-refractivity contribution in [2.45, 2.75) is 25.8 Å². The molecular weight excluding hydrogens is 398 g/mol. The second-order valence-electron chi connectivity index (χ2n) is 7.68. The van der Waals surface area contributed by atoms with Crippen LogP contribution in [0.4, 0.5) is 5.69 Å². The quantitative estimate of drug-likeness (QED) is 0.578. The highest BCUT2D eigenvalue weighted by Crippen LogP contribution is 2.38. The lowest BCUT2D eigenvalue weighted by atomic mass is 10.1. The van der Waals surface area contributed by atoms with Crippen molar-refractivity contribution < 1.29 is 9.59 Å². The van der Waals surface area contributed by atoms with Crippen LogP contribution in [-0.4, -0.2) is 38.4 Å². The molecule has 1 aliphatic rings. The van der Waals surface area contributed by atoms with Gasteiger partial charge in [-0.15, -0.1) is 10.2 Å². The smallest absolute Gasteiger partial charge is 0.251 e. The number of hydrogen-bond acceptors (Lipinski definition) is 5. The number of fused-ring (bicyclic) bond motifs is 1. The zero-order valence-electron chi connectivity index (χ0n) is 17.0. The summed E-state index contributed by atoms with van der Waals surface area (Å²) in [6.45, 7) is 2.07. The molecule has 2 aromatic heterocycles. The summed E-state index contributed by atoms with van der Waals surface area (Å²) in [5, 5.41) is 14.5. The van der Waals surface area contributed by atoms with E-state index < -0.39 is 0 Å². The molecule has 2 heterocycles. The summed E-state index contributed by atoms with van der Waals surface area (Å²) >= 11 is 1.72. The maximum absolute atomic E-state index is 13.0. The van der Waals surface area contributed by atoms with Gasteiger partial charge in [-0.05, 0) is 61.1 Å². The Morgan fingerprint density at radius 3 is 2.83 bits per heavy atom. The molecule has 0 aliphatic heterocycles. The lowest BCUT2D eigenvalue weighted by molar-refractivity contribution is -0.117. The van der Waals surface area contributed by atoms with E-state index in [-0.39, 0.29) is 23.8 Å². The van der Waals surface area contributed by atoms with Crippen molar-refractivity contribution in [3.8, 4) is 0 Å². The number of aromatic nitrogens is 3. The summed E-state index contributed by atoms with van der Waals surface area (Å²) in [5.74, 6) is 1.92. The van der Waals surface area contributed by atoms with Crippen LogP contribution in [0, 0.1) is 11.8 Å². The normalized spacial score (nSPS) is 18.7. The van der Waals surface area contributed by atoms with Gasteiger partial charge in [0.2, 0.25) is 5.91 Å². The van der Waals surface area contributed by atoms with Crippen LogP contribution in [0.5, 0.6) is 0 Å². The summed E-state index contributed by atoms with van der Waals surface area (Å²) in [7, 11) is 0. The molecule has 1 saturated carbocycles. The van der Waals surface area contributed by atoms with Crippen molar-refractivity contribution in [2.24, 2.45) is 11.8 Å². The van der Waals surface area contributed by atoms with E-state index in [0.717, 1.165) is 24.2 Å². The lowest BCUT2D eigenvalue weighted by Gasteiger charge is -2.17. The Hall–Kier alpha value is -2.87. The number of amides is 2. The van der Waals surface area contributed by atoms with E-state index in [9.17, 15) is 9.59 Å². The minimum absolute atomic E-state index is 0.0211. The van der Waals surface area contributed by atoms with Gasteiger partial charge in [0.05, 0.1) is 6.04 Å². The molecule has 0 spiro atoms. The number of carbonyl (C=O) groups is 2. The predicted molar refractivity (Wildman–Crippen MR) is 119 cm³/mol. The first-order valence-electron chi connectivity index (χ1n) is 10.1. The molecule has 3 atom stereocenters. The third-order valence-corrected chi connectivity index (χ3v) is 6.05. The van der Waals surface area contributed by atoms with Crippen LogP contribution in [0.15, 0.2) is 48.7 Å². The molecule has 4 rings (SSSR count). The van der Waals surface area contributed by atoms with Gasteiger partial charge in [0.25, 0.3) is 5.91 Å². The molecule has 1 aliphatic carbocycles. The molecule has 1 fully saturated rings. The number of nitrogens with zero attached hydrogens (tertiary/aromatic N) is 3. The minimum Gasteiger partial charge on any atom is -0.342 e. The number of anilines is 1. The van der Waals surface area contributed by atoms with Crippen LogP contribution in [0.25, 0.3) is 5.65 Å². The van der Waals surface area contributed by atoms with Gasteiger partial charge in [0.1, 0.15) is 0 Å². The number of pyridine rings is 1. The lowest BCUT2D eigenvalue weighted by Crippen LogP contribution is -2.30. The molecule has 1 aromatic carbocycles. The SMILES string of the molecule is CSCCC(NC(=O)c1cccc(NC(=O)C2CC2C)c1)c1nnc2ccccn12. The average molecular weight is 424 g/mol. The summed E-state index contributed by atoms with van der Waals surface area (Å²) in [6.07, 6.45) is 5.60. The number of benzene rings is 1. The number of hydrogen-bond donors (Lipinski definition) is 2. The van der Waals surface area contributed by atoms with Crippen LogP contribution in [0.3, 0.4) is 0 Å². The highest BCUT2D eigenvalue weighted by molar-refractivity contribution is 7.98. The van der Waals surface area contributed by atoms with Gasteiger partial charge in [-0.2, -0.15) is 11.8 Å². The van der Waals surface area contributed by atoms with Gasteiger partial charge in [0.15, 0.2) is 11.5 Å². The van der Waals surface area contributed by atoms with Crippen molar-refractivity contribution in [1.29, 1.82) is 0 Å². The van der Waals surface area contributed by atoms with Crippen molar-refractivity contribution in [2.75, 3.05) is 17.3 Å². The van der Waals surface area contributed by atoms with E-state index in [1.807, 2.05) is 35.1 Å². The summed E-state index contributed by atoms with van der Waals surface area (Å²) in [6, 6.07) is 12.5. The largest absolute Gasteiger partial charge is 0.342 e. The Morgan fingerprint density at radius 2 is 2.07 bits per heavy atom. The van der Waals surface area contributed by atoms with E-state index >= 15 is 0 Å². The molecule has 0 radical (unpaired) electrons. The fourth-order valence-electron chi connectivity index (χ4n) is 3.50. The molecule has 8 heteroatoms. The molecule has 0 bridgehead atoms. The van der Waals surface area contributed by atoms with E-state index in [1.54, 1.807) is 36.0 Å². The fourth-order valence-corrected chi connectivity index (χ4v) is 3.97. The van der Waals surface area contributed by atoms with Crippen LogP contribution in [0.1, 0.15) is 42.0 Å². The van der Waals surface area contributed by atoms with Crippen molar-refractivity contribution in [1.82, 2.24) is 19.9 Å². The maximum atomic E-state index is 13.0. The number of nitrogens with one attached hydrogen (secondary N) is 2. The Morgan fingerprint density at radius 1 is 1.23 bits per heavy atom. The molecule has 3 unspecified atom stereocenters. The Kier molecular flexibility index (Phi) is 6.03. The third kappa shape index (κ3) is 4.48. The van der Waals surface area contributed by atoms with Gasteiger partial charge in [-0.1, -0.05) is 19.1 Å². The summed E-state index contributed by atoms with van der Waals surface area (Å²) in [4.78, 5) is 25.2. The van der Waals surface area contributed by atoms with E-state index in [4.69, 9.17) is 0 Å². The number of carbonyl (C=O) groups excluding carboxylic acids is 2.